The first-order valence-corrected chi connectivity index (χ1v) is 6.11. The van der Waals surface area contributed by atoms with Crippen molar-refractivity contribution in [2.75, 3.05) is 31.2 Å². The number of carbonyl (C=O) groups excluding carboxylic acids is 1. The van der Waals surface area contributed by atoms with E-state index in [0.717, 1.165) is 11.4 Å². The van der Waals surface area contributed by atoms with Crippen molar-refractivity contribution in [3.05, 3.63) is 24.3 Å². The van der Waals surface area contributed by atoms with Crippen molar-refractivity contribution in [2.24, 2.45) is 0 Å². The second-order valence-corrected chi connectivity index (χ2v) is 4.23. The molecule has 0 saturated carbocycles. The van der Waals surface area contributed by atoms with Crippen molar-refractivity contribution in [1.82, 2.24) is 5.32 Å². The number of nitrogens with one attached hydrogen (secondary N) is 1. The summed E-state index contributed by atoms with van der Waals surface area (Å²) in [7, 11) is 0. The lowest BCUT2D eigenvalue weighted by molar-refractivity contribution is -0.121. The van der Waals surface area contributed by atoms with Gasteiger partial charge in [-0.3, -0.25) is 4.79 Å². The van der Waals surface area contributed by atoms with Crippen LogP contribution in [0.4, 0.5) is 5.69 Å². The van der Waals surface area contributed by atoms with Gasteiger partial charge in [-0.25, -0.2) is 0 Å². The highest BCUT2D eigenvalue weighted by Gasteiger charge is 2.25. The number of hydrogen-bond donors (Lipinski definition) is 2. The molecule has 1 fully saturated rings. The molecular weight excluding hydrogens is 232 g/mol. The number of carbonyl (C=O) groups is 1. The highest BCUT2D eigenvalue weighted by molar-refractivity contribution is 5.83. The van der Waals surface area contributed by atoms with E-state index in [4.69, 9.17) is 4.74 Å². The predicted molar refractivity (Wildman–Crippen MR) is 68.8 cm³/mol. The molecule has 1 amide bonds. The lowest BCUT2D eigenvalue weighted by Crippen LogP contribution is -2.55. The summed E-state index contributed by atoms with van der Waals surface area (Å²) < 4.78 is 5.56. The highest BCUT2D eigenvalue weighted by Crippen LogP contribution is 2.28. The molecule has 0 spiro atoms. The van der Waals surface area contributed by atoms with Gasteiger partial charge in [0.2, 0.25) is 5.91 Å². The molecule has 0 bridgehead atoms. The first-order valence-electron chi connectivity index (χ1n) is 6.11. The van der Waals surface area contributed by atoms with Crippen molar-refractivity contribution in [3.8, 4) is 5.75 Å². The number of para-hydroxylation sites is 2. The van der Waals surface area contributed by atoms with Crippen LogP contribution in [0.1, 0.15) is 6.92 Å². The average molecular weight is 250 g/mol. The van der Waals surface area contributed by atoms with Crippen molar-refractivity contribution in [2.45, 2.75) is 13.0 Å². The quantitative estimate of drug-likeness (QED) is 0.811. The van der Waals surface area contributed by atoms with E-state index in [2.05, 4.69) is 5.32 Å². The smallest absolute Gasteiger partial charge is 0.239 e. The minimum atomic E-state index is -0.221. The summed E-state index contributed by atoms with van der Waals surface area (Å²) in [5.41, 5.74) is 0.896. The number of anilines is 1. The second-order valence-electron chi connectivity index (χ2n) is 4.23. The second kappa shape index (κ2) is 5.73. The van der Waals surface area contributed by atoms with Crippen LogP contribution in [0.15, 0.2) is 24.3 Å². The maximum absolute atomic E-state index is 11.6. The van der Waals surface area contributed by atoms with Gasteiger partial charge in [0.25, 0.3) is 0 Å². The van der Waals surface area contributed by atoms with Crippen LogP contribution in [0, 0.1) is 0 Å². The van der Waals surface area contributed by atoms with E-state index < -0.39 is 0 Å². The van der Waals surface area contributed by atoms with E-state index in [0.29, 0.717) is 19.7 Å². The molecule has 1 aromatic rings. The lowest BCUT2D eigenvalue weighted by atomic mass is 10.1. The van der Waals surface area contributed by atoms with Crippen molar-refractivity contribution < 1.29 is 14.6 Å². The molecule has 1 saturated heterocycles. The minimum Gasteiger partial charge on any atom is -0.492 e. The zero-order valence-corrected chi connectivity index (χ0v) is 10.4. The molecular formula is C13H18N2O3. The van der Waals surface area contributed by atoms with Crippen LogP contribution in [-0.2, 0) is 4.79 Å². The fourth-order valence-electron chi connectivity index (χ4n) is 2.11. The maximum atomic E-state index is 11.6. The van der Waals surface area contributed by atoms with Crippen LogP contribution in [0.5, 0.6) is 5.75 Å². The Morgan fingerprint density at radius 2 is 2.28 bits per heavy atom. The van der Waals surface area contributed by atoms with Crippen LogP contribution in [0.2, 0.25) is 0 Å². The minimum absolute atomic E-state index is 0.0565. The van der Waals surface area contributed by atoms with Crippen LogP contribution in [-0.4, -0.2) is 43.4 Å². The van der Waals surface area contributed by atoms with Gasteiger partial charge in [-0.05, 0) is 19.1 Å². The largest absolute Gasteiger partial charge is 0.492 e. The Morgan fingerprint density at radius 3 is 3.00 bits per heavy atom. The van der Waals surface area contributed by atoms with Crippen molar-refractivity contribution in [1.29, 1.82) is 0 Å². The summed E-state index contributed by atoms with van der Waals surface area (Å²) in [6.45, 7) is 3.34. The molecule has 1 aliphatic rings. The summed E-state index contributed by atoms with van der Waals surface area (Å²) in [6.07, 6.45) is 0. The third-order valence-corrected chi connectivity index (χ3v) is 2.87. The molecule has 18 heavy (non-hydrogen) atoms. The number of benzene rings is 1. The highest BCUT2D eigenvalue weighted by atomic mass is 16.5. The van der Waals surface area contributed by atoms with Crippen LogP contribution in [0.25, 0.3) is 0 Å². The molecule has 2 N–H and O–H groups in total. The van der Waals surface area contributed by atoms with Crippen LogP contribution in [0.3, 0.4) is 0 Å². The number of aliphatic hydroxyl groups excluding tert-OH is 1. The molecule has 2 rings (SSSR count). The molecule has 1 atom stereocenters. The van der Waals surface area contributed by atoms with E-state index in [1.54, 1.807) is 0 Å². The summed E-state index contributed by atoms with van der Waals surface area (Å²) in [5, 5.41) is 11.9. The number of piperazine rings is 1. The lowest BCUT2D eigenvalue weighted by Gasteiger charge is -2.34. The van der Waals surface area contributed by atoms with Crippen molar-refractivity contribution >= 4 is 11.6 Å². The Balaban J connectivity index is 2.21. The molecule has 1 aliphatic heterocycles. The molecule has 0 aliphatic carbocycles. The maximum Gasteiger partial charge on any atom is 0.239 e. The third-order valence-electron chi connectivity index (χ3n) is 2.87. The number of amides is 1. The Morgan fingerprint density at radius 1 is 1.50 bits per heavy atom. The molecule has 1 heterocycles. The average Bonchev–Trinajstić information content (AvgIpc) is 2.39. The first kappa shape index (κ1) is 12.7. The third kappa shape index (κ3) is 2.73. The SMILES string of the molecule is CCOc1ccccc1N1CC(=O)NC(CO)C1. The predicted octanol–water partition coefficient (Wildman–Crippen LogP) is 0.382. The summed E-state index contributed by atoms with van der Waals surface area (Å²) in [5.74, 6) is 0.693. The number of rotatable bonds is 4. The van der Waals surface area contributed by atoms with Crippen molar-refractivity contribution in [3.63, 3.8) is 0 Å². The van der Waals surface area contributed by atoms with Gasteiger partial charge in [0, 0.05) is 6.54 Å². The number of ether oxygens (including phenoxy) is 1. The van der Waals surface area contributed by atoms with E-state index in [9.17, 15) is 9.90 Å². The Hall–Kier alpha value is -1.75. The Labute approximate surface area is 106 Å². The monoisotopic (exact) mass is 250 g/mol. The molecule has 5 nitrogen and oxygen atoms in total. The zero-order valence-electron chi connectivity index (χ0n) is 10.4. The van der Waals surface area contributed by atoms with Gasteiger partial charge in [-0.1, -0.05) is 12.1 Å². The van der Waals surface area contributed by atoms with Gasteiger partial charge in [-0.15, -0.1) is 0 Å². The Bertz CT molecular complexity index is 422. The molecule has 1 aromatic carbocycles. The normalized spacial score (nSPS) is 19.6. The fraction of sp³-hybridized carbons (Fsp3) is 0.462. The zero-order chi connectivity index (χ0) is 13.0. The van der Waals surface area contributed by atoms with Crippen LogP contribution < -0.4 is 15.0 Å². The van der Waals surface area contributed by atoms with E-state index in [1.807, 2.05) is 36.1 Å². The first-order chi connectivity index (χ1) is 8.74. The molecule has 5 heteroatoms. The summed E-state index contributed by atoms with van der Waals surface area (Å²) in [6, 6.07) is 7.42. The number of hydrogen-bond acceptors (Lipinski definition) is 4. The van der Waals surface area contributed by atoms with Gasteiger partial charge in [-0.2, -0.15) is 0 Å². The van der Waals surface area contributed by atoms with E-state index in [-0.39, 0.29) is 18.6 Å². The van der Waals surface area contributed by atoms with Crippen LogP contribution >= 0.6 is 0 Å². The van der Waals surface area contributed by atoms with Gasteiger partial charge in [0.15, 0.2) is 0 Å². The van der Waals surface area contributed by atoms with Gasteiger partial charge in [0.1, 0.15) is 5.75 Å². The summed E-state index contributed by atoms with van der Waals surface area (Å²) in [4.78, 5) is 13.5. The Kier molecular flexibility index (Phi) is 4.04. The van der Waals surface area contributed by atoms with Gasteiger partial charge >= 0.3 is 0 Å². The van der Waals surface area contributed by atoms with Gasteiger partial charge < -0.3 is 20.1 Å². The van der Waals surface area contributed by atoms with Gasteiger partial charge in [0.05, 0.1) is 31.5 Å². The molecule has 0 radical (unpaired) electrons. The molecule has 98 valence electrons. The molecule has 0 aromatic heterocycles. The number of aliphatic hydroxyl groups is 1. The molecule has 1 unspecified atom stereocenters. The fourth-order valence-corrected chi connectivity index (χ4v) is 2.11. The standard InChI is InChI=1S/C13H18N2O3/c1-2-18-12-6-4-3-5-11(12)15-7-10(9-16)14-13(17)8-15/h3-6,10,16H,2,7-9H2,1H3,(H,14,17). The van der Waals surface area contributed by atoms with E-state index in [1.165, 1.54) is 0 Å². The summed E-state index contributed by atoms with van der Waals surface area (Å²) >= 11 is 0. The van der Waals surface area contributed by atoms with E-state index >= 15 is 0 Å². The number of nitrogens with zero attached hydrogens (tertiary/aromatic N) is 1. The topological polar surface area (TPSA) is 61.8 Å².